The number of rotatable bonds is 5. The van der Waals surface area contributed by atoms with Crippen molar-refractivity contribution in [2.45, 2.75) is 33.3 Å². The van der Waals surface area contributed by atoms with Crippen molar-refractivity contribution < 1.29 is 9.47 Å². The van der Waals surface area contributed by atoms with E-state index in [0.29, 0.717) is 13.2 Å². The Morgan fingerprint density at radius 1 is 1.28 bits per heavy atom. The molecule has 0 saturated heterocycles. The largest absolute Gasteiger partial charge is 0.491 e. The van der Waals surface area contributed by atoms with Crippen molar-refractivity contribution in [2.24, 2.45) is 5.73 Å². The summed E-state index contributed by atoms with van der Waals surface area (Å²) in [6, 6.07) is 5.51. The Morgan fingerprint density at radius 3 is 2.44 bits per heavy atom. The Kier molecular flexibility index (Phi) is 4.73. The van der Waals surface area contributed by atoms with Gasteiger partial charge in [-0.3, -0.25) is 5.41 Å². The SMILES string of the molecule is Cc1cc(OCCOC(C)(C)C)ccc1C(=N)N. The number of nitrogens with one attached hydrogen (secondary N) is 1. The molecule has 0 atom stereocenters. The fourth-order valence-corrected chi connectivity index (χ4v) is 1.54. The zero-order chi connectivity index (χ0) is 13.8. The average Bonchev–Trinajstić information content (AvgIpc) is 2.22. The summed E-state index contributed by atoms with van der Waals surface area (Å²) < 4.78 is 11.1. The lowest BCUT2D eigenvalue weighted by Crippen LogP contribution is -2.22. The van der Waals surface area contributed by atoms with Crippen LogP contribution in [0.1, 0.15) is 31.9 Å². The molecular weight excluding hydrogens is 228 g/mol. The zero-order valence-electron chi connectivity index (χ0n) is 11.5. The van der Waals surface area contributed by atoms with Gasteiger partial charge in [-0.05, 0) is 51.5 Å². The summed E-state index contributed by atoms with van der Waals surface area (Å²) >= 11 is 0. The number of hydrogen-bond donors (Lipinski definition) is 2. The maximum Gasteiger partial charge on any atom is 0.123 e. The minimum absolute atomic E-state index is 0.0788. The topological polar surface area (TPSA) is 68.3 Å². The van der Waals surface area contributed by atoms with E-state index in [2.05, 4.69) is 0 Å². The molecule has 0 aliphatic heterocycles. The highest BCUT2D eigenvalue weighted by Crippen LogP contribution is 2.17. The van der Waals surface area contributed by atoms with Crippen LogP contribution in [0.25, 0.3) is 0 Å². The van der Waals surface area contributed by atoms with E-state index in [1.54, 1.807) is 6.07 Å². The van der Waals surface area contributed by atoms with Crippen molar-refractivity contribution in [1.82, 2.24) is 0 Å². The van der Waals surface area contributed by atoms with Gasteiger partial charge < -0.3 is 15.2 Å². The highest BCUT2D eigenvalue weighted by atomic mass is 16.5. The third-order valence-electron chi connectivity index (χ3n) is 2.38. The molecule has 18 heavy (non-hydrogen) atoms. The van der Waals surface area contributed by atoms with Crippen molar-refractivity contribution in [3.05, 3.63) is 29.3 Å². The Bertz CT molecular complexity index is 422. The van der Waals surface area contributed by atoms with E-state index in [9.17, 15) is 0 Å². The lowest BCUT2D eigenvalue weighted by molar-refractivity contribution is -0.0163. The number of aryl methyl sites for hydroxylation is 1. The lowest BCUT2D eigenvalue weighted by Gasteiger charge is -2.19. The summed E-state index contributed by atoms with van der Waals surface area (Å²) in [5.41, 5.74) is 7.00. The van der Waals surface area contributed by atoms with E-state index in [0.717, 1.165) is 16.9 Å². The Balaban J connectivity index is 2.49. The average molecular weight is 250 g/mol. The molecule has 0 saturated carbocycles. The number of benzene rings is 1. The first-order chi connectivity index (χ1) is 8.29. The monoisotopic (exact) mass is 250 g/mol. The van der Waals surface area contributed by atoms with E-state index in [1.807, 2.05) is 39.8 Å². The molecule has 0 unspecified atom stereocenters. The van der Waals surface area contributed by atoms with Crippen LogP contribution in [0.5, 0.6) is 5.75 Å². The molecule has 0 aliphatic rings. The van der Waals surface area contributed by atoms with Crippen LogP contribution in [0.4, 0.5) is 0 Å². The molecule has 1 rings (SSSR count). The van der Waals surface area contributed by atoms with Crippen LogP contribution < -0.4 is 10.5 Å². The van der Waals surface area contributed by atoms with Gasteiger partial charge in [0.25, 0.3) is 0 Å². The molecule has 100 valence electrons. The van der Waals surface area contributed by atoms with Gasteiger partial charge in [-0.25, -0.2) is 0 Å². The van der Waals surface area contributed by atoms with Gasteiger partial charge in [0.15, 0.2) is 0 Å². The van der Waals surface area contributed by atoms with Crippen LogP contribution in [0.3, 0.4) is 0 Å². The number of nitrogens with two attached hydrogens (primary N) is 1. The third kappa shape index (κ3) is 4.75. The summed E-state index contributed by atoms with van der Waals surface area (Å²) in [6.07, 6.45) is 0. The van der Waals surface area contributed by atoms with E-state index < -0.39 is 0 Å². The fraction of sp³-hybridized carbons (Fsp3) is 0.500. The molecule has 0 heterocycles. The molecule has 1 aromatic rings. The second-order valence-electron chi connectivity index (χ2n) is 5.20. The molecule has 0 aromatic heterocycles. The van der Waals surface area contributed by atoms with Gasteiger partial charge in [-0.15, -0.1) is 0 Å². The minimum atomic E-state index is -0.141. The van der Waals surface area contributed by atoms with E-state index in [-0.39, 0.29) is 11.4 Å². The van der Waals surface area contributed by atoms with Crippen LogP contribution in [-0.2, 0) is 4.74 Å². The number of hydrogen-bond acceptors (Lipinski definition) is 3. The van der Waals surface area contributed by atoms with Crippen LogP contribution in [-0.4, -0.2) is 24.7 Å². The van der Waals surface area contributed by atoms with E-state index in [4.69, 9.17) is 20.6 Å². The summed E-state index contributed by atoms with van der Waals surface area (Å²) in [4.78, 5) is 0. The molecule has 0 radical (unpaired) electrons. The molecule has 4 nitrogen and oxygen atoms in total. The molecular formula is C14H22N2O2. The van der Waals surface area contributed by atoms with Gasteiger partial charge in [0.05, 0.1) is 12.2 Å². The second-order valence-corrected chi connectivity index (χ2v) is 5.20. The molecule has 0 amide bonds. The quantitative estimate of drug-likeness (QED) is 0.479. The summed E-state index contributed by atoms with van der Waals surface area (Å²) in [5.74, 6) is 0.852. The number of nitrogen functional groups attached to an aromatic ring is 1. The molecule has 0 fully saturated rings. The van der Waals surface area contributed by atoms with Gasteiger partial charge in [-0.1, -0.05) is 0 Å². The summed E-state index contributed by atoms with van der Waals surface area (Å²) in [5, 5.41) is 7.40. The van der Waals surface area contributed by atoms with Gasteiger partial charge in [-0.2, -0.15) is 0 Å². The predicted molar refractivity (Wildman–Crippen MR) is 73.4 cm³/mol. The molecule has 4 heteroatoms. The van der Waals surface area contributed by atoms with Crippen LogP contribution in [0, 0.1) is 12.3 Å². The molecule has 0 spiro atoms. The van der Waals surface area contributed by atoms with Crippen molar-refractivity contribution in [2.75, 3.05) is 13.2 Å². The molecule has 0 aliphatic carbocycles. The maximum absolute atomic E-state index is 7.40. The first-order valence-corrected chi connectivity index (χ1v) is 6.01. The first-order valence-electron chi connectivity index (χ1n) is 6.01. The molecule has 3 N–H and O–H groups in total. The van der Waals surface area contributed by atoms with Gasteiger partial charge >= 0.3 is 0 Å². The summed E-state index contributed by atoms with van der Waals surface area (Å²) in [7, 11) is 0. The first kappa shape index (κ1) is 14.5. The van der Waals surface area contributed by atoms with Crippen molar-refractivity contribution in [1.29, 1.82) is 5.41 Å². The van der Waals surface area contributed by atoms with Gasteiger partial charge in [0.2, 0.25) is 0 Å². The maximum atomic E-state index is 7.40. The Labute approximate surface area is 109 Å². The Morgan fingerprint density at radius 2 is 1.94 bits per heavy atom. The molecule has 0 bridgehead atoms. The third-order valence-corrected chi connectivity index (χ3v) is 2.38. The van der Waals surface area contributed by atoms with Crippen LogP contribution in [0.2, 0.25) is 0 Å². The lowest BCUT2D eigenvalue weighted by atomic mass is 10.1. The van der Waals surface area contributed by atoms with Crippen LogP contribution in [0.15, 0.2) is 18.2 Å². The predicted octanol–water partition coefficient (Wildman–Crippen LogP) is 2.47. The number of ether oxygens (including phenoxy) is 2. The van der Waals surface area contributed by atoms with E-state index in [1.165, 1.54) is 0 Å². The highest BCUT2D eigenvalue weighted by Gasteiger charge is 2.09. The van der Waals surface area contributed by atoms with Crippen LogP contribution >= 0.6 is 0 Å². The Hall–Kier alpha value is -1.55. The normalized spacial score (nSPS) is 11.3. The summed E-state index contributed by atoms with van der Waals surface area (Å²) in [6.45, 7) is 9.01. The van der Waals surface area contributed by atoms with Gasteiger partial charge in [0.1, 0.15) is 18.2 Å². The van der Waals surface area contributed by atoms with E-state index >= 15 is 0 Å². The smallest absolute Gasteiger partial charge is 0.123 e. The zero-order valence-corrected chi connectivity index (χ0v) is 11.5. The van der Waals surface area contributed by atoms with Gasteiger partial charge in [0, 0.05) is 5.56 Å². The van der Waals surface area contributed by atoms with Crippen molar-refractivity contribution in [3.63, 3.8) is 0 Å². The molecule has 1 aromatic carbocycles. The second kappa shape index (κ2) is 5.87. The fourth-order valence-electron chi connectivity index (χ4n) is 1.54. The standard InChI is InChI=1S/C14H22N2O2/c1-10-9-11(5-6-12(10)13(15)16)17-7-8-18-14(2,3)4/h5-6,9H,7-8H2,1-4H3,(H3,15,16). The van der Waals surface area contributed by atoms with Crippen molar-refractivity contribution >= 4 is 5.84 Å². The highest BCUT2D eigenvalue weighted by molar-refractivity contribution is 5.96. The van der Waals surface area contributed by atoms with Crippen molar-refractivity contribution in [3.8, 4) is 5.75 Å². The number of amidine groups is 1. The minimum Gasteiger partial charge on any atom is -0.491 e.